The summed E-state index contributed by atoms with van der Waals surface area (Å²) in [4.78, 5) is 14.7. The number of aliphatic carboxylic acids is 1. The van der Waals surface area contributed by atoms with Gasteiger partial charge < -0.3 is 9.84 Å². The molecule has 0 amide bonds. The van der Waals surface area contributed by atoms with Crippen LogP contribution in [0.25, 0.3) is 6.08 Å². The molecule has 1 aromatic carbocycles. The Hall–Kier alpha value is -2.63. The highest BCUT2D eigenvalue weighted by Gasteiger charge is 2.05. The first-order valence-corrected chi connectivity index (χ1v) is 6.20. The van der Waals surface area contributed by atoms with Crippen molar-refractivity contribution >= 4 is 12.0 Å². The van der Waals surface area contributed by atoms with Gasteiger partial charge in [0.05, 0.1) is 0 Å². The molecule has 1 heterocycles. The van der Waals surface area contributed by atoms with Crippen LogP contribution in [0.15, 0.2) is 36.7 Å². The molecule has 0 bridgehead atoms. The number of para-hydroxylation sites is 1. The number of carboxylic acid groups (broad SMARTS) is 1. The number of aryl methyl sites for hydroxylation is 1. The molecule has 0 saturated carbocycles. The Morgan fingerprint density at radius 3 is 3.00 bits per heavy atom. The summed E-state index contributed by atoms with van der Waals surface area (Å²) in [5, 5.41) is 12.7. The van der Waals surface area contributed by atoms with Gasteiger partial charge in [0, 0.05) is 18.2 Å². The maximum Gasteiger partial charge on any atom is 0.328 e. The van der Waals surface area contributed by atoms with E-state index in [9.17, 15) is 4.79 Å². The van der Waals surface area contributed by atoms with E-state index in [2.05, 4.69) is 10.1 Å². The number of aromatic nitrogens is 3. The predicted octanol–water partition coefficient (Wildman–Crippen LogP) is 1.97. The van der Waals surface area contributed by atoms with Crippen LogP contribution < -0.4 is 4.74 Å². The van der Waals surface area contributed by atoms with E-state index >= 15 is 0 Å². The third-order valence-corrected chi connectivity index (χ3v) is 2.68. The molecule has 0 aliphatic rings. The molecule has 0 unspecified atom stereocenters. The van der Waals surface area contributed by atoms with E-state index in [0.717, 1.165) is 18.4 Å². The van der Waals surface area contributed by atoms with E-state index in [1.54, 1.807) is 16.8 Å². The maximum atomic E-state index is 10.6. The van der Waals surface area contributed by atoms with Gasteiger partial charge in [-0.05, 0) is 19.1 Å². The Morgan fingerprint density at radius 2 is 2.25 bits per heavy atom. The fourth-order valence-electron chi connectivity index (χ4n) is 1.72. The smallest absolute Gasteiger partial charge is 0.328 e. The third-order valence-electron chi connectivity index (χ3n) is 2.68. The van der Waals surface area contributed by atoms with Crippen LogP contribution in [0.2, 0.25) is 0 Å². The Bertz CT molecular complexity index is 620. The molecule has 0 aliphatic heterocycles. The van der Waals surface area contributed by atoms with E-state index in [0.29, 0.717) is 11.3 Å². The minimum atomic E-state index is -0.995. The topological polar surface area (TPSA) is 77.2 Å². The van der Waals surface area contributed by atoms with Crippen LogP contribution in [0.1, 0.15) is 18.3 Å². The first-order valence-electron chi connectivity index (χ1n) is 6.20. The van der Waals surface area contributed by atoms with Gasteiger partial charge in [-0.3, -0.25) is 0 Å². The van der Waals surface area contributed by atoms with E-state index in [-0.39, 0.29) is 6.61 Å². The Labute approximate surface area is 116 Å². The molecular formula is C14H15N3O3. The number of ether oxygens (including phenoxy) is 1. The highest BCUT2D eigenvalue weighted by atomic mass is 16.5. The molecule has 2 aromatic rings. The molecule has 6 nitrogen and oxygen atoms in total. The van der Waals surface area contributed by atoms with Crippen molar-refractivity contribution < 1.29 is 14.6 Å². The van der Waals surface area contributed by atoms with Crippen molar-refractivity contribution in [2.45, 2.75) is 20.1 Å². The lowest BCUT2D eigenvalue weighted by Crippen LogP contribution is -2.07. The average Bonchev–Trinajstić information content (AvgIpc) is 2.91. The molecule has 2 rings (SSSR count). The van der Waals surface area contributed by atoms with Gasteiger partial charge in [0.25, 0.3) is 0 Å². The zero-order valence-electron chi connectivity index (χ0n) is 11.1. The van der Waals surface area contributed by atoms with Gasteiger partial charge >= 0.3 is 5.97 Å². The molecule has 0 spiro atoms. The highest BCUT2D eigenvalue weighted by molar-refractivity contribution is 5.85. The lowest BCUT2D eigenvalue weighted by Gasteiger charge is -2.09. The summed E-state index contributed by atoms with van der Waals surface area (Å²) in [6, 6.07) is 7.23. The minimum Gasteiger partial charge on any atom is -0.485 e. The van der Waals surface area contributed by atoms with Gasteiger partial charge in [0.15, 0.2) is 5.82 Å². The number of hydrogen-bond donors (Lipinski definition) is 1. The standard InChI is InChI=1S/C14H15N3O3/c1-2-17-13(15-10-16-17)9-20-12-6-4-3-5-11(12)7-8-14(18)19/h3-8,10H,2,9H2,1H3,(H,18,19). The molecule has 0 saturated heterocycles. The molecule has 6 heteroatoms. The molecule has 0 aliphatic carbocycles. The largest absolute Gasteiger partial charge is 0.485 e. The van der Waals surface area contributed by atoms with E-state index < -0.39 is 5.97 Å². The second-order valence-electron chi connectivity index (χ2n) is 3.99. The minimum absolute atomic E-state index is 0.283. The van der Waals surface area contributed by atoms with Gasteiger partial charge in [-0.1, -0.05) is 18.2 Å². The van der Waals surface area contributed by atoms with E-state index in [1.165, 1.54) is 12.4 Å². The van der Waals surface area contributed by atoms with Crippen LogP contribution in [0.4, 0.5) is 0 Å². The first-order chi connectivity index (χ1) is 9.70. The number of carbonyl (C=O) groups is 1. The first kappa shape index (κ1) is 13.8. The lowest BCUT2D eigenvalue weighted by atomic mass is 10.2. The highest BCUT2D eigenvalue weighted by Crippen LogP contribution is 2.20. The Kier molecular flexibility index (Phi) is 4.49. The predicted molar refractivity (Wildman–Crippen MR) is 73.1 cm³/mol. The second-order valence-corrected chi connectivity index (χ2v) is 3.99. The van der Waals surface area contributed by atoms with Crippen LogP contribution in [0.3, 0.4) is 0 Å². The molecule has 0 fully saturated rings. The quantitative estimate of drug-likeness (QED) is 0.814. The fraction of sp³-hybridized carbons (Fsp3) is 0.214. The molecule has 0 radical (unpaired) electrons. The van der Waals surface area contributed by atoms with Crippen molar-refractivity contribution in [3.05, 3.63) is 48.1 Å². The lowest BCUT2D eigenvalue weighted by molar-refractivity contribution is -0.131. The van der Waals surface area contributed by atoms with Crippen molar-refractivity contribution in [3.63, 3.8) is 0 Å². The molecule has 104 valence electrons. The van der Waals surface area contributed by atoms with E-state index in [4.69, 9.17) is 9.84 Å². The number of rotatable bonds is 6. The van der Waals surface area contributed by atoms with Gasteiger partial charge in [0.1, 0.15) is 18.7 Å². The van der Waals surface area contributed by atoms with Gasteiger partial charge in [-0.2, -0.15) is 5.10 Å². The summed E-state index contributed by atoms with van der Waals surface area (Å²) in [5.74, 6) is 0.339. The Balaban J connectivity index is 2.11. The monoisotopic (exact) mass is 273 g/mol. The summed E-state index contributed by atoms with van der Waals surface area (Å²) in [7, 11) is 0. The van der Waals surface area contributed by atoms with Crippen LogP contribution in [0, 0.1) is 0 Å². The Morgan fingerprint density at radius 1 is 1.45 bits per heavy atom. The van der Waals surface area contributed by atoms with Crippen LogP contribution >= 0.6 is 0 Å². The molecule has 1 aromatic heterocycles. The zero-order valence-corrected chi connectivity index (χ0v) is 11.1. The van der Waals surface area contributed by atoms with Gasteiger partial charge in [0.2, 0.25) is 0 Å². The number of benzene rings is 1. The third kappa shape index (κ3) is 3.44. The fourth-order valence-corrected chi connectivity index (χ4v) is 1.72. The summed E-state index contributed by atoms with van der Waals surface area (Å²) < 4.78 is 7.43. The number of nitrogens with zero attached hydrogens (tertiary/aromatic N) is 3. The zero-order chi connectivity index (χ0) is 14.4. The summed E-state index contributed by atoms with van der Waals surface area (Å²) >= 11 is 0. The van der Waals surface area contributed by atoms with Crippen molar-refractivity contribution in [3.8, 4) is 5.75 Å². The molecular weight excluding hydrogens is 258 g/mol. The summed E-state index contributed by atoms with van der Waals surface area (Å²) in [6.45, 7) is 2.98. The van der Waals surface area contributed by atoms with Crippen molar-refractivity contribution in [1.82, 2.24) is 14.8 Å². The second kappa shape index (κ2) is 6.51. The summed E-state index contributed by atoms with van der Waals surface area (Å²) in [6.07, 6.45) is 4.07. The molecule has 1 N–H and O–H groups in total. The average molecular weight is 273 g/mol. The van der Waals surface area contributed by atoms with E-state index in [1.807, 2.05) is 19.1 Å². The van der Waals surface area contributed by atoms with Crippen LogP contribution in [-0.4, -0.2) is 25.8 Å². The SMILES string of the molecule is CCn1ncnc1COc1ccccc1C=CC(=O)O. The number of hydrogen-bond acceptors (Lipinski definition) is 4. The van der Waals surface area contributed by atoms with Crippen molar-refractivity contribution in [1.29, 1.82) is 0 Å². The van der Waals surface area contributed by atoms with Crippen LogP contribution in [-0.2, 0) is 17.9 Å². The van der Waals surface area contributed by atoms with Gasteiger partial charge in [-0.25, -0.2) is 14.5 Å². The van der Waals surface area contributed by atoms with Crippen LogP contribution in [0.5, 0.6) is 5.75 Å². The number of carboxylic acids is 1. The summed E-state index contributed by atoms with van der Waals surface area (Å²) in [5.41, 5.74) is 0.706. The van der Waals surface area contributed by atoms with Gasteiger partial charge in [-0.15, -0.1) is 0 Å². The maximum absolute atomic E-state index is 10.6. The van der Waals surface area contributed by atoms with Crippen molar-refractivity contribution in [2.75, 3.05) is 0 Å². The molecule has 0 atom stereocenters. The normalized spacial score (nSPS) is 10.8. The molecule has 20 heavy (non-hydrogen) atoms. The van der Waals surface area contributed by atoms with Crippen molar-refractivity contribution in [2.24, 2.45) is 0 Å².